The average molecular weight is 368 g/mol. The highest BCUT2D eigenvalue weighted by molar-refractivity contribution is 9.10. The van der Waals surface area contributed by atoms with Crippen LogP contribution in [0, 0.1) is 5.82 Å². The highest BCUT2D eigenvalue weighted by Crippen LogP contribution is 2.25. The van der Waals surface area contributed by atoms with Crippen LogP contribution >= 0.6 is 15.9 Å². The monoisotopic (exact) mass is 367 g/mol. The molecule has 0 radical (unpaired) electrons. The first-order valence-electron chi connectivity index (χ1n) is 5.59. The van der Waals surface area contributed by atoms with E-state index in [2.05, 4.69) is 15.9 Å². The maximum atomic E-state index is 13.7. The molecule has 0 bridgehead atoms. The largest absolute Gasteiger partial charge is 0.456 e. The molecule has 1 atom stereocenters. The zero-order chi connectivity index (χ0) is 14.9. The van der Waals surface area contributed by atoms with Crippen LogP contribution in [0.15, 0.2) is 21.5 Å². The molecule has 0 aliphatic carbocycles. The highest BCUT2D eigenvalue weighted by Gasteiger charge is 2.25. The van der Waals surface area contributed by atoms with Gasteiger partial charge in [-0.2, -0.15) is 0 Å². The summed E-state index contributed by atoms with van der Waals surface area (Å²) in [5.41, 5.74) is -0.482. The van der Waals surface area contributed by atoms with Gasteiger partial charge in [-0.15, -0.1) is 0 Å². The Balaban J connectivity index is 2.33. The summed E-state index contributed by atoms with van der Waals surface area (Å²) in [7, 11) is -4.08. The van der Waals surface area contributed by atoms with Gasteiger partial charge in [0.2, 0.25) is 10.0 Å². The molecular weight excluding hydrogens is 357 g/mol. The fourth-order valence-electron chi connectivity index (χ4n) is 1.72. The van der Waals surface area contributed by atoms with Gasteiger partial charge in [-0.25, -0.2) is 22.7 Å². The highest BCUT2D eigenvalue weighted by atomic mass is 79.9. The van der Waals surface area contributed by atoms with E-state index in [1.807, 2.05) is 0 Å². The summed E-state index contributed by atoms with van der Waals surface area (Å²) in [6.45, 7) is 0.703. The van der Waals surface area contributed by atoms with Crippen LogP contribution in [0.1, 0.15) is 16.8 Å². The molecule has 1 unspecified atom stereocenters. The van der Waals surface area contributed by atoms with Gasteiger partial charge in [-0.05, 0) is 28.1 Å². The molecule has 1 heterocycles. The third-order valence-corrected chi connectivity index (χ3v) is 4.58. The van der Waals surface area contributed by atoms with E-state index >= 15 is 0 Å². The zero-order valence-corrected chi connectivity index (χ0v) is 12.5. The van der Waals surface area contributed by atoms with Crippen LogP contribution in [-0.2, 0) is 19.5 Å². The van der Waals surface area contributed by atoms with Gasteiger partial charge in [-0.3, -0.25) is 0 Å². The number of carbonyl (C=O) groups excluding carboxylic acids is 1. The molecule has 0 aromatic heterocycles. The Kier molecular flexibility index (Phi) is 4.43. The second-order valence-corrected chi connectivity index (χ2v) is 6.58. The first-order chi connectivity index (χ1) is 9.29. The Morgan fingerprint density at radius 1 is 1.50 bits per heavy atom. The van der Waals surface area contributed by atoms with Crippen molar-refractivity contribution in [1.82, 2.24) is 0 Å². The van der Waals surface area contributed by atoms with Crippen LogP contribution in [0.25, 0.3) is 0 Å². The number of ether oxygens (including phenoxy) is 2. The standard InChI is InChI=1S/C11H11BrFNO5S/c12-8-4-9(13)7(3-10(8)20(14,16)17)11(15)19-6-1-2-18-5-6/h3-4,6H,1-2,5H2,(H2,14,16,17). The molecule has 0 spiro atoms. The number of hydrogen-bond donors (Lipinski definition) is 1. The number of esters is 1. The predicted octanol–water partition coefficient (Wildman–Crippen LogP) is 1.18. The normalized spacial score (nSPS) is 19.1. The van der Waals surface area contributed by atoms with Crippen LogP contribution in [0.5, 0.6) is 0 Å². The lowest BCUT2D eigenvalue weighted by molar-refractivity contribution is 0.0265. The quantitative estimate of drug-likeness (QED) is 0.809. The van der Waals surface area contributed by atoms with Crippen molar-refractivity contribution in [2.24, 2.45) is 5.14 Å². The van der Waals surface area contributed by atoms with Gasteiger partial charge < -0.3 is 9.47 Å². The summed E-state index contributed by atoms with van der Waals surface area (Å²) in [4.78, 5) is 11.5. The van der Waals surface area contributed by atoms with Crippen molar-refractivity contribution in [3.63, 3.8) is 0 Å². The summed E-state index contributed by atoms with van der Waals surface area (Å²) in [6, 6.07) is 1.72. The number of halogens is 2. The van der Waals surface area contributed by atoms with Gasteiger partial charge in [0.15, 0.2) is 0 Å². The fraction of sp³-hybridized carbons (Fsp3) is 0.364. The summed E-state index contributed by atoms with van der Waals surface area (Å²) in [5.74, 6) is -1.84. The van der Waals surface area contributed by atoms with Crippen LogP contribution in [0.4, 0.5) is 4.39 Å². The maximum absolute atomic E-state index is 13.7. The smallest absolute Gasteiger partial charge is 0.341 e. The topological polar surface area (TPSA) is 95.7 Å². The SMILES string of the molecule is NS(=O)(=O)c1cc(C(=O)OC2CCOC2)c(F)cc1Br. The molecule has 20 heavy (non-hydrogen) atoms. The molecule has 110 valence electrons. The van der Waals surface area contributed by atoms with Crippen LogP contribution in [-0.4, -0.2) is 33.7 Å². The maximum Gasteiger partial charge on any atom is 0.341 e. The average Bonchev–Trinajstić information content (AvgIpc) is 2.79. The predicted molar refractivity (Wildman–Crippen MR) is 70.1 cm³/mol. The van der Waals surface area contributed by atoms with Crippen LogP contribution in [0.2, 0.25) is 0 Å². The van der Waals surface area contributed by atoms with E-state index in [0.29, 0.717) is 13.0 Å². The van der Waals surface area contributed by atoms with E-state index in [1.54, 1.807) is 0 Å². The lowest BCUT2D eigenvalue weighted by Gasteiger charge is -2.12. The Hall–Kier alpha value is -1.03. The Labute approximate surface area is 123 Å². The molecule has 1 fully saturated rings. The molecule has 0 amide bonds. The molecule has 1 aliphatic heterocycles. The lowest BCUT2D eigenvalue weighted by Crippen LogP contribution is -2.20. The molecule has 9 heteroatoms. The Morgan fingerprint density at radius 2 is 2.20 bits per heavy atom. The number of primary sulfonamides is 1. The third kappa shape index (κ3) is 3.35. The van der Waals surface area contributed by atoms with Crippen molar-refractivity contribution in [3.8, 4) is 0 Å². The van der Waals surface area contributed by atoms with Gasteiger partial charge in [0.05, 0.1) is 23.7 Å². The molecule has 6 nitrogen and oxygen atoms in total. The van der Waals surface area contributed by atoms with E-state index in [9.17, 15) is 17.6 Å². The van der Waals surface area contributed by atoms with E-state index in [4.69, 9.17) is 14.6 Å². The number of hydrogen-bond acceptors (Lipinski definition) is 5. The summed E-state index contributed by atoms with van der Waals surface area (Å²) in [5, 5.41) is 4.99. The number of sulfonamides is 1. The Bertz CT molecular complexity index is 642. The van der Waals surface area contributed by atoms with Crippen molar-refractivity contribution < 1.29 is 27.1 Å². The van der Waals surface area contributed by atoms with E-state index in [0.717, 1.165) is 12.1 Å². The first kappa shape index (κ1) is 15.4. The minimum atomic E-state index is -4.08. The fourth-order valence-corrected chi connectivity index (χ4v) is 3.33. The molecule has 2 N–H and O–H groups in total. The molecule has 1 aliphatic rings. The molecule has 2 rings (SSSR count). The zero-order valence-electron chi connectivity index (χ0n) is 10.1. The van der Waals surface area contributed by atoms with E-state index in [-0.39, 0.29) is 16.0 Å². The van der Waals surface area contributed by atoms with Crippen LogP contribution in [0.3, 0.4) is 0 Å². The van der Waals surface area contributed by atoms with Gasteiger partial charge in [0.1, 0.15) is 11.9 Å². The van der Waals surface area contributed by atoms with Crippen molar-refractivity contribution in [3.05, 3.63) is 28.0 Å². The molecule has 0 saturated carbocycles. The van der Waals surface area contributed by atoms with Gasteiger partial charge in [-0.1, -0.05) is 0 Å². The number of rotatable bonds is 3. The summed E-state index contributed by atoms with van der Waals surface area (Å²) >= 11 is 2.88. The van der Waals surface area contributed by atoms with Gasteiger partial charge in [0.25, 0.3) is 0 Å². The van der Waals surface area contributed by atoms with Gasteiger partial charge in [0, 0.05) is 10.9 Å². The second-order valence-electron chi connectivity index (χ2n) is 4.20. The summed E-state index contributed by atoms with van der Waals surface area (Å²) < 4.78 is 46.4. The molecule has 1 saturated heterocycles. The van der Waals surface area contributed by atoms with Crippen molar-refractivity contribution >= 4 is 31.9 Å². The second kappa shape index (κ2) is 5.76. The lowest BCUT2D eigenvalue weighted by atomic mass is 10.2. The van der Waals surface area contributed by atoms with Crippen molar-refractivity contribution in [1.29, 1.82) is 0 Å². The first-order valence-corrected chi connectivity index (χ1v) is 7.93. The van der Waals surface area contributed by atoms with Gasteiger partial charge >= 0.3 is 5.97 Å². The van der Waals surface area contributed by atoms with E-state index in [1.165, 1.54) is 0 Å². The van der Waals surface area contributed by atoms with Crippen molar-refractivity contribution in [2.75, 3.05) is 13.2 Å². The summed E-state index contributed by atoms with van der Waals surface area (Å²) in [6.07, 6.45) is 0.0647. The molecule has 1 aromatic carbocycles. The molecular formula is C11H11BrFNO5S. The number of benzene rings is 1. The minimum Gasteiger partial charge on any atom is -0.456 e. The minimum absolute atomic E-state index is 0.0572. The Morgan fingerprint density at radius 3 is 2.75 bits per heavy atom. The van der Waals surface area contributed by atoms with Crippen LogP contribution < -0.4 is 5.14 Å². The van der Waals surface area contributed by atoms with Crippen molar-refractivity contribution in [2.45, 2.75) is 17.4 Å². The van der Waals surface area contributed by atoms with E-state index < -0.39 is 33.5 Å². The molecule has 1 aromatic rings. The number of nitrogens with two attached hydrogens (primary N) is 1. The number of carbonyl (C=O) groups is 1. The third-order valence-electron chi connectivity index (χ3n) is 2.71.